The Kier molecular flexibility index (Phi) is 2.72. The standard InChI is InChI=1S/C8H14NO/c1-2-8(10)9-6-4-3-5-7-9/h1-7H2. The smallest absolute Gasteiger partial charge is 0.222 e. The molecule has 10 heavy (non-hydrogen) atoms. The van der Waals surface area contributed by atoms with E-state index in [1.165, 1.54) is 19.3 Å². The van der Waals surface area contributed by atoms with E-state index < -0.39 is 0 Å². The Labute approximate surface area is 62.2 Å². The van der Waals surface area contributed by atoms with Gasteiger partial charge in [0.25, 0.3) is 0 Å². The van der Waals surface area contributed by atoms with Crippen molar-refractivity contribution in [3.8, 4) is 0 Å². The molecule has 0 aromatic heterocycles. The molecule has 0 aliphatic carbocycles. The van der Waals surface area contributed by atoms with Crippen LogP contribution in [0.2, 0.25) is 0 Å². The monoisotopic (exact) mass is 140 g/mol. The summed E-state index contributed by atoms with van der Waals surface area (Å²) in [4.78, 5) is 12.9. The second kappa shape index (κ2) is 3.59. The fourth-order valence-electron chi connectivity index (χ4n) is 1.30. The van der Waals surface area contributed by atoms with Crippen LogP contribution in [0.3, 0.4) is 0 Å². The Morgan fingerprint density at radius 1 is 1.30 bits per heavy atom. The molecule has 2 heteroatoms. The first-order valence-electron chi connectivity index (χ1n) is 3.91. The SMILES string of the molecule is [CH2]CC(=O)N1CCCCC1. The molecule has 1 fully saturated rings. The summed E-state index contributed by atoms with van der Waals surface area (Å²) in [5, 5.41) is 0. The molecule has 1 saturated heterocycles. The van der Waals surface area contributed by atoms with Gasteiger partial charge in [-0.2, -0.15) is 0 Å². The van der Waals surface area contributed by atoms with E-state index in [-0.39, 0.29) is 5.91 Å². The molecular formula is C8H14NO. The normalized spacial score (nSPS) is 19.1. The first-order valence-corrected chi connectivity index (χ1v) is 3.91. The number of amides is 1. The summed E-state index contributed by atoms with van der Waals surface area (Å²) in [7, 11) is 0. The van der Waals surface area contributed by atoms with Gasteiger partial charge in [0.05, 0.1) is 0 Å². The Bertz CT molecular complexity index is 116. The summed E-state index contributed by atoms with van der Waals surface area (Å²) in [6.45, 7) is 5.48. The van der Waals surface area contributed by atoms with Gasteiger partial charge in [-0.25, -0.2) is 0 Å². The summed E-state index contributed by atoms with van der Waals surface area (Å²) < 4.78 is 0. The van der Waals surface area contributed by atoms with Crippen molar-refractivity contribution in [2.24, 2.45) is 0 Å². The van der Waals surface area contributed by atoms with Crippen molar-refractivity contribution in [2.75, 3.05) is 13.1 Å². The van der Waals surface area contributed by atoms with E-state index >= 15 is 0 Å². The van der Waals surface area contributed by atoms with Crippen LogP contribution in [0, 0.1) is 6.92 Å². The number of hydrogen-bond acceptors (Lipinski definition) is 1. The highest BCUT2D eigenvalue weighted by atomic mass is 16.2. The highest BCUT2D eigenvalue weighted by molar-refractivity contribution is 5.76. The second-order valence-corrected chi connectivity index (χ2v) is 2.69. The third kappa shape index (κ3) is 1.72. The van der Waals surface area contributed by atoms with Crippen molar-refractivity contribution in [3.63, 3.8) is 0 Å². The van der Waals surface area contributed by atoms with Gasteiger partial charge in [0.15, 0.2) is 0 Å². The maximum Gasteiger partial charge on any atom is 0.222 e. The number of hydrogen-bond donors (Lipinski definition) is 0. The van der Waals surface area contributed by atoms with Gasteiger partial charge in [0.2, 0.25) is 5.91 Å². The highest BCUT2D eigenvalue weighted by Crippen LogP contribution is 2.09. The fourth-order valence-corrected chi connectivity index (χ4v) is 1.30. The van der Waals surface area contributed by atoms with Crippen molar-refractivity contribution in [2.45, 2.75) is 25.7 Å². The van der Waals surface area contributed by atoms with Gasteiger partial charge in [-0.15, -0.1) is 0 Å². The molecule has 0 bridgehead atoms. The number of nitrogens with zero attached hydrogens (tertiary/aromatic N) is 1. The molecule has 57 valence electrons. The fraction of sp³-hybridized carbons (Fsp3) is 0.750. The maximum atomic E-state index is 11.0. The van der Waals surface area contributed by atoms with Crippen LogP contribution in [-0.4, -0.2) is 23.9 Å². The molecule has 0 atom stereocenters. The quantitative estimate of drug-likeness (QED) is 0.536. The summed E-state index contributed by atoms with van der Waals surface area (Å²) in [6, 6.07) is 0. The first-order chi connectivity index (χ1) is 4.84. The lowest BCUT2D eigenvalue weighted by Crippen LogP contribution is -2.34. The molecule has 0 saturated carbocycles. The van der Waals surface area contributed by atoms with Crippen LogP contribution in [0.4, 0.5) is 0 Å². The van der Waals surface area contributed by atoms with Crippen molar-refractivity contribution in [1.29, 1.82) is 0 Å². The molecule has 1 aliphatic rings. The van der Waals surface area contributed by atoms with E-state index in [1.807, 2.05) is 4.90 Å². The lowest BCUT2D eigenvalue weighted by molar-refractivity contribution is -0.131. The van der Waals surface area contributed by atoms with Crippen LogP contribution in [-0.2, 0) is 4.79 Å². The molecule has 1 rings (SSSR count). The summed E-state index contributed by atoms with van der Waals surface area (Å²) in [6.07, 6.45) is 4.04. The van der Waals surface area contributed by atoms with Crippen molar-refractivity contribution in [3.05, 3.63) is 6.92 Å². The van der Waals surface area contributed by atoms with Gasteiger partial charge in [-0.05, 0) is 26.2 Å². The second-order valence-electron chi connectivity index (χ2n) is 2.69. The Hall–Kier alpha value is -0.530. The number of carbonyl (C=O) groups is 1. The van der Waals surface area contributed by atoms with E-state index in [0.717, 1.165) is 13.1 Å². The predicted octanol–water partition coefficient (Wildman–Crippen LogP) is 1.22. The van der Waals surface area contributed by atoms with Gasteiger partial charge < -0.3 is 4.90 Å². The molecule has 0 spiro atoms. The number of likely N-dealkylation sites (tertiary alicyclic amines) is 1. The van der Waals surface area contributed by atoms with Crippen LogP contribution in [0.5, 0.6) is 0 Å². The molecular weight excluding hydrogens is 126 g/mol. The van der Waals surface area contributed by atoms with Crippen LogP contribution < -0.4 is 0 Å². The Morgan fingerprint density at radius 2 is 1.90 bits per heavy atom. The molecule has 0 N–H and O–H groups in total. The third-order valence-electron chi connectivity index (χ3n) is 1.92. The highest BCUT2D eigenvalue weighted by Gasteiger charge is 2.13. The lowest BCUT2D eigenvalue weighted by atomic mass is 10.1. The van der Waals surface area contributed by atoms with Gasteiger partial charge in [-0.1, -0.05) is 0 Å². The zero-order valence-electron chi connectivity index (χ0n) is 6.31. The lowest BCUT2D eigenvalue weighted by Gasteiger charge is -2.26. The van der Waals surface area contributed by atoms with E-state index in [1.54, 1.807) is 0 Å². The molecule has 0 aromatic rings. The summed E-state index contributed by atoms with van der Waals surface area (Å²) in [5.74, 6) is 0.208. The minimum absolute atomic E-state index is 0.208. The minimum Gasteiger partial charge on any atom is -0.343 e. The minimum atomic E-state index is 0.208. The van der Waals surface area contributed by atoms with E-state index in [4.69, 9.17) is 0 Å². The van der Waals surface area contributed by atoms with Crippen molar-refractivity contribution >= 4 is 5.91 Å². The molecule has 1 aliphatic heterocycles. The molecule has 0 unspecified atom stereocenters. The van der Waals surface area contributed by atoms with E-state index in [0.29, 0.717) is 6.42 Å². The summed E-state index contributed by atoms with van der Waals surface area (Å²) >= 11 is 0. The van der Waals surface area contributed by atoms with Gasteiger partial charge >= 0.3 is 0 Å². The van der Waals surface area contributed by atoms with E-state index in [2.05, 4.69) is 6.92 Å². The van der Waals surface area contributed by atoms with Crippen molar-refractivity contribution < 1.29 is 4.79 Å². The number of rotatable bonds is 1. The van der Waals surface area contributed by atoms with Crippen molar-refractivity contribution in [1.82, 2.24) is 4.90 Å². The van der Waals surface area contributed by atoms with Gasteiger partial charge in [0, 0.05) is 19.5 Å². The van der Waals surface area contributed by atoms with Gasteiger partial charge in [0.1, 0.15) is 0 Å². The molecule has 0 aromatic carbocycles. The number of carbonyl (C=O) groups excluding carboxylic acids is 1. The zero-order valence-corrected chi connectivity index (χ0v) is 6.31. The average Bonchev–Trinajstić information content (AvgIpc) is 2.05. The Balaban J connectivity index is 2.31. The maximum absolute atomic E-state index is 11.0. The largest absolute Gasteiger partial charge is 0.343 e. The topological polar surface area (TPSA) is 20.3 Å². The number of piperidine rings is 1. The van der Waals surface area contributed by atoms with Gasteiger partial charge in [-0.3, -0.25) is 4.79 Å². The van der Waals surface area contributed by atoms with Crippen LogP contribution in [0.1, 0.15) is 25.7 Å². The van der Waals surface area contributed by atoms with Crippen LogP contribution >= 0.6 is 0 Å². The van der Waals surface area contributed by atoms with Crippen LogP contribution in [0.25, 0.3) is 0 Å². The summed E-state index contributed by atoms with van der Waals surface area (Å²) in [5.41, 5.74) is 0. The molecule has 1 amide bonds. The zero-order chi connectivity index (χ0) is 7.40. The molecule has 1 heterocycles. The molecule has 1 radical (unpaired) electrons. The first kappa shape index (κ1) is 7.58. The average molecular weight is 140 g/mol. The predicted molar refractivity (Wildman–Crippen MR) is 40.4 cm³/mol. The van der Waals surface area contributed by atoms with Crippen LogP contribution in [0.15, 0.2) is 0 Å². The Morgan fingerprint density at radius 3 is 2.40 bits per heavy atom. The molecule has 2 nitrogen and oxygen atoms in total. The third-order valence-corrected chi connectivity index (χ3v) is 1.92. The van der Waals surface area contributed by atoms with E-state index in [9.17, 15) is 4.79 Å².